The van der Waals surface area contributed by atoms with Crippen molar-refractivity contribution in [2.24, 2.45) is 5.92 Å². The molecule has 0 bridgehead atoms. The van der Waals surface area contributed by atoms with Crippen LogP contribution in [0.15, 0.2) is 65.2 Å². The van der Waals surface area contributed by atoms with E-state index in [1.165, 1.54) is 5.56 Å². The Bertz CT molecular complexity index is 643. The maximum absolute atomic E-state index is 12.1. The lowest BCUT2D eigenvalue weighted by molar-refractivity contribution is -0.00123. The maximum atomic E-state index is 12.1. The number of halogens is 1. The van der Waals surface area contributed by atoms with Gasteiger partial charge in [0.1, 0.15) is 0 Å². The average molecular weight is 343 g/mol. The summed E-state index contributed by atoms with van der Waals surface area (Å²) in [6.45, 7) is 2.18. The number of rotatable bonds is 5. The third-order valence-electron chi connectivity index (χ3n) is 5.57. The first-order valence-electron chi connectivity index (χ1n) is 9.16. The van der Waals surface area contributed by atoms with Gasteiger partial charge in [-0.15, -0.1) is 0 Å². The zero-order chi connectivity index (χ0) is 17.0. The summed E-state index contributed by atoms with van der Waals surface area (Å²) in [5, 5.41) is 13.0. The molecule has 0 spiro atoms. The summed E-state index contributed by atoms with van der Waals surface area (Å²) in [6.07, 6.45) is 14.4. The lowest BCUT2D eigenvalue weighted by Crippen LogP contribution is -2.45. The van der Waals surface area contributed by atoms with E-state index in [-0.39, 0.29) is 11.8 Å². The summed E-state index contributed by atoms with van der Waals surface area (Å²) < 4.78 is 0. The molecule has 1 aromatic carbocycles. The van der Waals surface area contributed by atoms with Gasteiger partial charge >= 0.3 is 0 Å². The van der Waals surface area contributed by atoms with Crippen LogP contribution < -0.4 is 0 Å². The largest absolute Gasteiger partial charge is 0.384 e. The second-order valence-electron chi connectivity index (χ2n) is 6.97. The van der Waals surface area contributed by atoms with Gasteiger partial charge in [0, 0.05) is 16.9 Å². The molecule has 1 N–H and O–H groups in total. The Morgan fingerprint density at radius 3 is 2.58 bits per heavy atom. The molecule has 1 aromatic rings. The van der Waals surface area contributed by atoms with Crippen LogP contribution in [0.5, 0.6) is 0 Å². The van der Waals surface area contributed by atoms with E-state index in [1.807, 2.05) is 12.1 Å². The van der Waals surface area contributed by atoms with Crippen molar-refractivity contribution in [3.8, 4) is 0 Å². The third kappa shape index (κ3) is 3.38. The van der Waals surface area contributed by atoms with Crippen LogP contribution in [0.3, 0.4) is 0 Å². The summed E-state index contributed by atoms with van der Waals surface area (Å²) >= 11 is 6.17. The van der Waals surface area contributed by atoms with E-state index >= 15 is 0 Å². The normalized spacial score (nSPS) is 24.7. The van der Waals surface area contributed by atoms with Crippen LogP contribution in [0.1, 0.15) is 56.9 Å². The van der Waals surface area contributed by atoms with Crippen LogP contribution in [-0.4, -0.2) is 10.7 Å². The number of aliphatic hydroxyl groups is 1. The van der Waals surface area contributed by atoms with Crippen molar-refractivity contribution in [1.29, 1.82) is 0 Å². The Morgan fingerprint density at radius 1 is 1.21 bits per heavy atom. The molecule has 2 aliphatic carbocycles. The zero-order valence-electron chi connectivity index (χ0n) is 14.4. The molecule has 0 fully saturated rings. The lowest BCUT2D eigenvalue weighted by atomic mass is 9.64. The van der Waals surface area contributed by atoms with E-state index in [0.29, 0.717) is 0 Å². The van der Waals surface area contributed by atoms with Crippen LogP contribution in [-0.2, 0) is 0 Å². The van der Waals surface area contributed by atoms with Crippen molar-refractivity contribution in [1.82, 2.24) is 0 Å². The Kier molecular flexibility index (Phi) is 5.63. The van der Waals surface area contributed by atoms with Crippen LogP contribution in [0.2, 0.25) is 0 Å². The third-order valence-corrected chi connectivity index (χ3v) is 5.89. The van der Waals surface area contributed by atoms with Crippen LogP contribution >= 0.6 is 11.6 Å². The van der Waals surface area contributed by atoms with E-state index in [2.05, 4.69) is 49.4 Å². The molecule has 1 nitrogen and oxygen atoms in total. The lowest BCUT2D eigenvalue weighted by Gasteiger charge is -2.45. The Hall–Kier alpha value is -1.31. The zero-order valence-corrected chi connectivity index (χ0v) is 15.2. The van der Waals surface area contributed by atoms with Crippen molar-refractivity contribution >= 4 is 11.6 Å². The van der Waals surface area contributed by atoms with Gasteiger partial charge in [0.15, 0.2) is 0 Å². The summed E-state index contributed by atoms with van der Waals surface area (Å²) in [5.41, 5.74) is 1.53. The molecule has 0 radical (unpaired) electrons. The maximum Gasteiger partial charge on any atom is 0.0990 e. The monoisotopic (exact) mass is 342 g/mol. The topological polar surface area (TPSA) is 20.2 Å². The molecular weight excluding hydrogens is 316 g/mol. The highest BCUT2D eigenvalue weighted by Gasteiger charge is 2.45. The van der Waals surface area contributed by atoms with Gasteiger partial charge in [-0.3, -0.25) is 0 Å². The Labute approximate surface area is 150 Å². The van der Waals surface area contributed by atoms with Gasteiger partial charge in [0.05, 0.1) is 5.60 Å². The highest BCUT2D eigenvalue weighted by molar-refractivity contribution is 6.29. The number of allylic oxidation sites excluding steroid dienone is 4. The van der Waals surface area contributed by atoms with Gasteiger partial charge in [0.25, 0.3) is 0 Å². The van der Waals surface area contributed by atoms with E-state index in [4.69, 9.17) is 11.6 Å². The molecule has 0 amide bonds. The van der Waals surface area contributed by atoms with Crippen molar-refractivity contribution in [3.05, 3.63) is 70.8 Å². The minimum Gasteiger partial charge on any atom is -0.384 e. The highest BCUT2D eigenvalue weighted by Crippen LogP contribution is 2.47. The van der Waals surface area contributed by atoms with E-state index in [9.17, 15) is 5.11 Å². The molecule has 0 saturated carbocycles. The molecule has 24 heavy (non-hydrogen) atoms. The highest BCUT2D eigenvalue weighted by atomic mass is 35.5. The molecule has 2 heteroatoms. The van der Waals surface area contributed by atoms with Gasteiger partial charge in [-0.05, 0) is 55.7 Å². The van der Waals surface area contributed by atoms with Gasteiger partial charge in [-0.1, -0.05) is 67.1 Å². The summed E-state index contributed by atoms with van der Waals surface area (Å²) in [6, 6.07) is 10.5. The van der Waals surface area contributed by atoms with Gasteiger partial charge in [-0.25, -0.2) is 0 Å². The quantitative estimate of drug-likeness (QED) is 0.640. The molecule has 0 saturated heterocycles. The standard InChI is InChI=1S/C22H27ClO/c1-2-21(17-9-5-3-6-10-17)22(24,18-11-7-4-8-12-18)19-13-15-20(23)16-14-19/h3,5-7,9-11,13,15,18,21,24H,2,4,8,12,14,16H2,1H3. The smallest absolute Gasteiger partial charge is 0.0990 e. The summed E-state index contributed by atoms with van der Waals surface area (Å²) in [7, 11) is 0. The van der Waals surface area contributed by atoms with Gasteiger partial charge in [0.2, 0.25) is 0 Å². The molecule has 3 rings (SSSR count). The second-order valence-corrected chi connectivity index (χ2v) is 7.45. The first kappa shape index (κ1) is 17.5. The summed E-state index contributed by atoms with van der Waals surface area (Å²) in [4.78, 5) is 0. The Morgan fingerprint density at radius 2 is 2.00 bits per heavy atom. The average Bonchev–Trinajstić information content (AvgIpc) is 2.64. The van der Waals surface area contributed by atoms with Crippen LogP contribution in [0, 0.1) is 5.92 Å². The fraction of sp³-hybridized carbons (Fsp3) is 0.455. The minimum absolute atomic E-state index is 0.1000. The van der Waals surface area contributed by atoms with E-state index in [1.54, 1.807) is 0 Å². The fourth-order valence-corrected chi connectivity index (χ4v) is 4.49. The van der Waals surface area contributed by atoms with Crippen LogP contribution in [0.25, 0.3) is 0 Å². The predicted molar refractivity (Wildman–Crippen MR) is 102 cm³/mol. The Balaban J connectivity index is 2.07. The molecule has 128 valence electrons. The first-order valence-corrected chi connectivity index (χ1v) is 9.53. The van der Waals surface area contributed by atoms with Crippen molar-refractivity contribution in [3.63, 3.8) is 0 Å². The van der Waals surface area contributed by atoms with Crippen molar-refractivity contribution in [2.45, 2.75) is 57.0 Å². The predicted octanol–water partition coefficient (Wildman–Crippen LogP) is 6.11. The molecule has 0 aromatic heterocycles. The van der Waals surface area contributed by atoms with Crippen molar-refractivity contribution in [2.75, 3.05) is 0 Å². The van der Waals surface area contributed by atoms with Gasteiger partial charge < -0.3 is 5.11 Å². The first-order chi connectivity index (χ1) is 11.7. The van der Waals surface area contributed by atoms with Crippen LogP contribution in [0.4, 0.5) is 0 Å². The van der Waals surface area contributed by atoms with Crippen molar-refractivity contribution < 1.29 is 5.11 Å². The SMILES string of the molecule is CCC(c1ccccc1)C(O)(C1=CC=C(Cl)CC1)C1C=CCCC1. The number of hydrogen-bond donors (Lipinski definition) is 1. The fourth-order valence-electron chi connectivity index (χ4n) is 4.33. The number of hydrogen-bond acceptors (Lipinski definition) is 1. The van der Waals surface area contributed by atoms with Gasteiger partial charge in [-0.2, -0.15) is 0 Å². The second kappa shape index (κ2) is 7.72. The molecule has 2 aliphatic rings. The summed E-state index contributed by atoms with van der Waals surface area (Å²) in [5.74, 6) is 0.274. The van der Waals surface area contributed by atoms with E-state index in [0.717, 1.165) is 49.1 Å². The number of benzene rings is 1. The molecule has 0 heterocycles. The van der Waals surface area contributed by atoms with E-state index < -0.39 is 5.60 Å². The molecule has 3 unspecified atom stereocenters. The molecule has 0 aliphatic heterocycles. The minimum atomic E-state index is -0.832. The molecule has 3 atom stereocenters. The molecular formula is C22H27ClO.